The van der Waals surface area contributed by atoms with E-state index in [-0.39, 0.29) is 12.4 Å². The summed E-state index contributed by atoms with van der Waals surface area (Å²) in [4.78, 5) is 6.44. The van der Waals surface area contributed by atoms with Crippen LogP contribution in [0.5, 0.6) is 0 Å². The molecular weight excluding hydrogens is 250 g/mol. The van der Waals surface area contributed by atoms with E-state index in [1.165, 1.54) is 0 Å². The molecule has 0 saturated carbocycles. The van der Waals surface area contributed by atoms with Gasteiger partial charge in [0.25, 0.3) is 0 Å². The van der Waals surface area contributed by atoms with Crippen molar-refractivity contribution in [1.29, 1.82) is 0 Å². The van der Waals surface area contributed by atoms with E-state index in [1.54, 1.807) is 13.3 Å². The third kappa shape index (κ3) is 4.70. The summed E-state index contributed by atoms with van der Waals surface area (Å²) in [5.41, 5.74) is 0. The van der Waals surface area contributed by atoms with Crippen molar-refractivity contribution in [2.24, 2.45) is 10.9 Å². The number of halogens is 1. The fourth-order valence-electron chi connectivity index (χ4n) is 1.91. The first-order chi connectivity index (χ1) is 8.06. The van der Waals surface area contributed by atoms with Crippen molar-refractivity contribution >= 4 is 18.2 Å². The van der Waals surface area contributed by atoms with Gasteiger partial charge in [-0.15, -0.1) is 12.4 Å². The summed E-state index contributed by atoms with van der Waals surface area (Å²) in [6.07, 6.45) is 1.66. The van der Waals surface area contributed by atoms with Gasteiger partial charge in [0.05, 0.1) is 6.26 Å². The highest BCUT2D eigenvalue weighted by molar-refractivity contribution is 5.96. The van der Waals surface area contributed by atoms with Gasteiger partial charge in [-0.3, -0.25) is 4.99 Å². The van der Waals surface area contributed by atoms with E-state index in [4.69, 9.17) is 4.42 Å². The van der Waals surface area contributed by atoms with Crippen LogP contribution in [-0.4, -0.2) is 44.5 Å². The fourth-order valence-corrected chi connectivity index (χ4v) is 1.91. The molecule has 1 atom stereocenters. The van der Waals surface area contributed by atoms with E-state index in [0.29, 0.717) is 12.0 Å². The second-order valence-electron chi connectivity index (χ2n) is 4.71. The number of rotatable bonds is 5. The maximum Gasteiger partial charge on any atom is 0.168 e. The molecule has 0 spiro atoms. The van der Waals surface area contributed by atoms with Crippen LogP contribution in [0, 0.1) is 5.92 Å². The molecule has 0 aliphatic carbocycles. The Morgan fingerprint density at radius 1 is 1.44 bits per heavy atom. The minimum atomic E-state index is 0. The molecule has 0 radical (unpaired) electrons. The third-order valence-corrected chi connectivity index (χ3v) is 2.89. The van der Waals surface area contributed by atoms with E-state index >= 15 is 0 Å². The van der Waals surface area contributed by atoms with E-state index in [9.17, 15) is 0 Å². The Bertz CT molecular complexity index is 339. The van der Waals surface area contributed by atoms with Crippen molar-refractivity contribution in [2.45, 2.75) is 19.9 Å². The van der Waals surface area contributed by atoms with Crippen LogP contribution in [-0.2, 0) is 0 Å². The van der Waals surface area contributed by atoms with Crippen molar-refractivity contribution in [2.75, 3.05) is 27.7 Å². The van der Waals surface area contributed by atoms with Crippen LogP contribution in [0.3, 0.4) is 0 Å². The average molecular weight is 274 g/mol. The first-order valence-electron chi connectivity index (χ1n) is 5.97. The van der Waals surface area contributed by atoms with Gasteiger partial charge in [0.1, 0.15) is 0 Å². The molecule has 4 nitrogen and oxygen atoms in total. The summed E-state index contributed by atoms with van der Waals surface area (Å²) in [7, 11) is 5.97. The van der Waals surface area contributed by atoms with Crippen molar-refractivity contribution < 1.29 is 4.42 Å². The number of likely N-dealkylation sites (N-methyl/N-ethyl adjacent to an activating group) is 1. The van der Waals surface area contributed by atoms with Crippen LogP contribution in [0.25, 0.3) is 0 Å². The highest BCUT2D eigenvalue weighted by atomic mass is 35.5. The summed E-state index contributed by atoms with van der Waals surface area (Å²) < 4.78 is 5.33. The first kappa shape index (κ1) is 17.0. The van der Waals surface area contributed by atoms with Gasteiger partial charge in [-0.1, -0.05) is 13.8 Å². The Morgan fingerprint density at radius 2 is 2.11 bits per heavy atom. The molecule has 1 heterocycles. The highest BCUT2D eigenvalue weighted by Crippen LogP contribution is 2.07. The van der Waals surface area contributed by atoms with Gasteiger partial charge < -0.3 is 14.6 Å². The van der Waals surface area contributed by atoms with Crippen LogP contribution in [0.1, 0.15) is 19.6 Å². The molecule has 0 saturated heterocycles. The third-order valence-electron chi connectivity index (χ3n) is 2.89. The topological polar surface area (TPSA) is 40.8 Å². The molecular formula is C13H24ClN3O. The SMILES string of the molecule is CN=C(NCC(C(C)C)N(C)C)c1ccco1.Cl. The molecule has 1 unspecified atom stereocenters. The lowest BCUT2D eigenvalue weighted by Crippen LogP contribution is -2.43. The summed E-state index contributed by atoms with van der Waals surface area (Å²) in [6, 6.07) is 4.26. The van der Waals surface area contributed by atoms with Crippen molar-refractivity contribution in [3.05, 3.63) is 24.2 Å². The van der Waals surface area contributed by atoms with Gasteiger partial charge in [-0.2, -0.15) is 0 Å². The van der Waals surface area contributed by atoms with Gasteiger partial charge in [-0.05, 0) is 32.1 Å². The molecule has 0 fully saturated rings. The van der Waals surface area contributed by atoms with E-state index in [2.05, 4.69) is 43.2 Å². The molecule has 1 rings (SSSR count). The number of hydrogen-bond donors (Lipinski definition) is 1. The summed E-state index contributed by atoms with van der Waals surface area (Å²) in [6.45, 7) is 5.31. The number of aliphatic imine (C=N–C) groups is 1. The number of nitrogens with zero attached hydrogens (tertiary/aromatic N) is 2. The predicted molar refractivity (Wildman–Crippen MR) is 78.7 cm³/mol. The lowest BCUT2D eigenvalue weighted by molar-refractivity contribution is 0.232. The molecule has 1 aromatic rings. The molecule has 5 heteroatoms. The van der Waals surface area contributed by atoms with Gasteiger partial charge in [0.15, 0.2) is 11.6 Å². The predicted octanol–water partition coefficient (Wildman–Crippen LogP) is 2.25. The van der Waals surface area contributed by atoms with Crippen LogP contribution < -0.4 is 5.32 Å². The number of amidine groups is 1. The Morgan fingerprint density at radius 3 is 2.50 bits per heavy atom. The Labute approximate surface area is 116 Å². The van der Waals surface area contributed by atoms with Crippen molar-refractivity contribution in [1.82, 2.24) is 10.2 Å². The summed E-state index contributed by atoms with van der Waals surface area (Å²) in [5.74, 6) is 2.18. The Kier molecular flexibility index (Phi) is 7.71. The zero-order valence-electron chi connectivity index (χ0n) is 11.8. The fraction of sp³-hybridized carbons (Fsp3) is 0.615. The molecule has 104 valence electrons. The van der Waals surface area contributed by atoms with Gasteiger partial charge in [0.2, 0.25) is 0 Å². The van der Waals surface area contributed by atoms with Gasteiger partial charge in [0, 0.05) is 19.6 Å². The molecule has 18 heavy (non-hydrogen) atoms. The minimum Gasteiger partial charge on any atom is -0.461 e. The first-order valence-corrected chi connectivity index (χ1v) is 5.97. The van der Waals surface area contributed by atoms with Crippen molar-refractivity contribution in [3.63, 3.8) is 0 Å². The van der Waals surface area contributed by atoms with Crippen LogP contribution in [0.4, 0.5) is 0 Å². The van der Waals surface area contributed by atoms with Gasteiger partial charge in [-0.25, -0.2) is 0 Å². The summed E-state index contributed by atoms with van der Waals surface area (Å²) in [5, 5.41) is 3.35. The number of furan rings is 1. The smallest absolute Gasteiger partial charge is 0.168 e. The zero-order valence-corrected chi connectivity index (χ0v) is 12.6. The van der Waals surface area contributed by atoms with Crippen LogP contribution >= 0.6 is 12.4 Å². The second kappa shape index (κ2) is 8.16. The Hall–Kier alpha value is -1.00. The lowest BCUT2D eigenvalue weighted by atomic mass is 10.0. The number of hydrogen-bond acceptors (Lipinski definition) is 3. The quantitative estimate of drug-likeness (QED) is 0.661. The summed E-state index contributed by atoms with van der Waals surface area (Å²) >= 11 is 0. The number of nitrogens with one attached hydrogen (secondary N) is 1. The molecule has 0 amide bonds. The van der Waals surface area contributed by atoms with E-state index in [0.717, 1.165) is 18.1 Å². The standard InChI is InChI=1S/C13H23N3O.ClH/c1-10(2)11(16(4)5)9-15-13(14-3)12-7-6-8-17-12;/h6-8,10-11H,9H2,1-5H3,(H,14,15);1H. The highest BCUT2D eigenvalue weighted by Gasteiger charge is 2.16. The monoisotopic (exact) mass is 273 g/mol. The largest absolute Gasteiger partial charge is 0.461 e. The molecule has 1 N–H and O–H groups in total. The minimum absolute atomic E-state index is 0. The normalized spacial score (nSPS) is 13.6. The van der Waals surface area contributed by atoms with Crippen molar-refractivity contribution in [3.8, 4) is 0 Å². The Balaban J connectivity index is 0.00000289. The maximum absolute atomic E-state index is 5.33. The second-order valence-corrected chi connectivity index (χ2v) is 4.71. The molecule has 0 aromatic carbocycles. The van der Waals surface area contributed by atoms with E-state index < -0.39 is 0 Å². The van der Waals surface area contributed by atoms with E-state index in [1.807, 2.05) is 12.1 Å². The maximum atomic E-state index is 5.33. The zero-order chi connectivity index (χ0) is 12.8. The molecule has 0 bridgehead atoms. The average Bonchev–Trinajstić information content (AvgIpc) is 2.76. The van der Waals surface area contributed by atoms with Crippen LogP contribution in [0.2, 0.25) is 0 Å². The van der Waals surface area contributed by atoms with Gasteiger partial charge >= 0.3 is 0 Å². The lowest BCUT2D eigenvalue weighted by Gasteiger charge is -2.28. The molecule has 1 aromatic heterocycles. The van der Waals surface area contributed by atoms with Crippen LogP contribution in [0.15, 0.2) is 27.8 Å². The molecule has 0 aliphatic heterocycles. The molecule has 0 aliphatic rings.